The SMILES string of the molecule is CCCCCCCCCCCOC(=O)CCCCCN(CCO)CCCCCCC(C)(C)C(=O)OCC(CCCCCCC)CCCCCCC. The summed E-state index contributed by atoms with van der Waals surface area (Å²) in [6, 6.07) is 0. The third kappa shape index (κ3) is 33.2. The maximum Gasteiger partial charge on any atom is 0.311 e. The molecule has 0 bridgehead atoms. The summed E-state index contributed by atoms with van der Waals surface area (Å²) in [5, 5.41) is 9.57. The molecule has 0 aliphatic heterocycles. The Morgan fingerprint density at radius 2 is 1.00 bits per heavy atom. The van der Waals surface area contributed by atoms with E-state index in [1.54, 1.807) is 0 Å². The number of carbonyl (C=O) groups is 2. The van der Waals surface area contributed by atoms with Crippen molar-refractivity contribution in [2.24, 2.45) is 11.3 Å². The van der Waals surface area contributed by atoms with Crippen LogP contribution < -0.4 is 0 Å². The van der Waals surface area contributed by atoms with Gasteiger partial charge in [0.25, 0.3) is 0 Å². The molecule has 0 radical (unpaired) electrons. The van der Waals surface area contributed by atoms with Crippen molar-refractivity contribution in [1.82, 2.24) is 4.90 Å². The van der Waals surface area contributed by atoms with E-state index in [1.807, 2.05) is 0 Å². The summed E-state index contributed by atoms with van der Waals surface area (Å²) in [7, 11) is 0. The topological polar surface area (TPSA) is 76.1 Å². The number of ether oxygens (including phenoxy) is 2. The average molecular weight is 724 g/mol. The Bertz CT molecular complexity index is 743. The predicted molar refractivity (Wildman–Crippen MR) is 218 cm³/mol. The van der Waals surface area contributed by atoms with Gasteiger partial charge in [0.2, 0.25) is 0 Å². The summed E-state index contributed by atoms with van der Waals surface area (Å²) in [6.07, 6.45) is 35.5. The fourth-order valence-corrected chi connectivity index (χ4v) is 7.06. The largest absolute Gasteiger partial charge is 0.466 e. The summed E-state index contributed by atoms with van der Waals surface area (Å²) in [6.45, 7) is 14.9. The maximum atomic E-state index is 13.1. The lowest BCUT2D eigenvalue weighted by atomic mass is 9.86. The normalized spacial score (nSPS) is 11.9. The molecule has 0 spiro atoms. The maximum absolute atomic E-state index is 13.1. The Morgan fingerprint density at radius 1 is 0.549 bits per heavy atom. The molecule has 0 aliphatic carbocycles. The molecule has 0 unspecified atom stereocenters. The molecule has 51 heavy (non-hydrogen) atoms. The fourth-order valence-electron chi connectivity index (χ4n) is 7.06. The number of hydrogen-bond acceptors (Lipinski definition) is 6. The van der Waals surface area contributed by atoms with E-state index < -0.39 is 5.41 Å². The van der Waals surface area contributed by atoms with Crippen LogP contribution in [0.4, 0.5) is 0 Å². The van der Waals surface area contributed by atoms with E-state index in [0.717, 1.165) is 77.3 Å². The highest BCUT2D eigenvalue weighted by Crippen LogP contribution is 2.27. The molecule has 6 nitrogen and oxygen atoms in total. The van der Waals surface area contributed by atoms with E-state index in [-0.39, 0.29) is 18.5 Å². The van der Waals surface area contributed by atoms with Crippen molar-refractivity contribution < 1.29 is 24.2 Å². The van der Waals surface area contributed by atoms with Gasteiger partial charge in [-0.1, -0.05) is 162 Å². The zero-order chi connectivity index (χ0) is 37.7. The number of nitrogens with zero attached hydrogens (tertiary/aromatic N) is 1. The lowest BCUT2D eigenvalue weighted by molar-refractivity contribution is -0.156. The van der Waals surface area contributed by atoms with Gasteiger partial charge < -0.3 is 19.5 Å². The highest BCUT2D eigenvalue weighted by Gasteiger charge is 2.29. The summed E-state index contributed by atoms with van der Waals surface area (Å²) in [5.74, 6) is 0.431. The van der Waals surface area contributed by atoms with Crippen LogP contribution in [0.3, 0.4) is 0 Å². The van der Waals surface area contributed by atoms with Gasteiger partial charge in [0.1, 0.15) is 0 Å². The molecule has 0 amide bonds. The Kier molecular flexibility index (Phi) is 36.4. The molecule has 0 heterocycles. The second kappa shape index (κ2) is 37.2. The van der Waals surface area contributed by atoms with Crippen LogP contribution in [0.5, 0.6) is 0 Å². The standard InChI is InChI=1S/C45H89NO5/c1-6-9-12-15-16-17-18-23-31-40-50-43(48)34-27-24-30-37-46(38-39-47)36-29-22-21-28-35-45(4,5)44(49)51-41-42(32-25-19-13-10-7-2)33-26-20-14-11-8-3/h42,47H,6-41H2,1-5H3. The number of aliphatic hydroxyl groups excluding tert-OH is 1. The first-order chi connectivity index (χ1) is 24.8. The summed E-state index contributed by atoms with van der Waals surface area (Å²) in [5.41, 5.74) is -0.435. The monoisotopic (exact) mass is 724 g/mol. The van der Waals surface area contributed by atoms with Crippen molar-refractivity contribution in [2.45, 2.75) is 227 Å². The zero-order valence-corrected chi connectivity index (χ0v) is 35.1. The van der Waals surface area contributed by atoms with Crippen molar-refractivity contribution in [1.29, 1.82) is 0 Å². The number of hydrogen-bond donors (Lipinski definition) is 1. The lowest BCUT2D eigenvalue weighted by Gasteiger charge is -2.25. The molecular weight excluding hydrogens is 634 g/mol. The lowest BCUT2D eigenvalue weighted by Crippen LogP contribution is -2.29. The van der Waals surface area contributed by atoms with Crippen molar-refractivity contribution in [2.75, 3.05) is 39.5 Å². The Hall–Kier alpha value is -1.14. The second-order valence-electron chi connectivity index (χ2n) is 16.3. The second-order valence-corrected chi connectivity index (χ2v) is 16.3. The molecule has 0 rings (SSSR count). The average Bonchev–Trinajstić information content (AvgIpc) is 3.11. The molecule has 0 fully saturated rings. The highest BCUT2D eigenvalue weighted by atomic mass is 16.5. The van der Waals surface area contributed by atoms with E-state index in [2.05, 4.69) is 39.5 Å². The minimum atomic E-state index is -0.435. The first-order valence-corrected chi connectivity index (χ1v) is 22.5. The molecule has 0 aromatic rings. The number of carbonyl (C=O) groups excluding carboxylic acids is 2. The van der Waals surface area contributed by atoms with Crippen LogP contribution in [0.15, 0.2) is 0 Å². The molecule has 0 aliphatic rings. The van der Waals surface area contributed by atoms with Crippen molar-refractivity contribution in [3.8, 4) is 0 Å². The number of esters is 2. The minimum Gasteiger partial charge on any atom is -0.466 e. The van der Waals surface area contributed by atoms with Crippen LogP contribution in [0.1, 0.15) is 227 Å². The van der Waals surface area contributed by atoms with Crippen LogP contribution in [0.2, 0.25) is 0 Å². The first-order valence-electron chi connectivity index (χ1n) is 22.5. The summed E-state index contributed by atoms with van der Waals surface area (Å²) in [4.78, 5) is 27.6. The van der Waals surface area contributed by atoms with E-state index in [0.29, 0.717) is 32.1 Å². The third-order valence-corrected chi connectivity index (χ3v) is 10.7. The van der Waals surface area contributed by atoms with Crippen LogP contribution in [0.25, 0.3) is 0 Å². The molecule has 6 heteroatoms. The number of rotatable bonds is 40. The Labute approximate surface area is 318 Å². The van der Waals surface area contributed by atoms with Crippen molar-refractivity contribution in [3.63, 3.8) is 0 Å². The first kappa shape index (κ1) is 49.9. The van der Waals surface area contributed by atoms with E-state index in [9.17, 15) is 14.7 Å². The molecule has 0 saturated heterocycles. The van der Waals surface area contributed by atoms with Gasteiger partial charge in [0.05, 0.1) is 25.2 Å². The number of aliphatic hydroxyl groups is 1. The zero-order valence-electron chi connectivity index (χ0n) is 35.1. The predicted octanol–water partition coefficient (Wildman–Crippen LogP) is 12.8. The quantitative estimate of drug-likeness (QED) is 0.0501. The Balaban J connectivity index is 4.11. The van der Waals surface area contributed by atoms with Gasteiger partial charge in [-0.2, -0.15) is 0 Å². The molecule has 304 valence electrons. The van der Waals surface area contributed by atoms with Gasteiger partial charge >= 0.3 is 11.9 Å². The van der Waals surface area contributed by atoms with Gasteiger partial charge in [-0.05, 0) is 77.8 Å². The highest BCUT2D eigenvalue weighted by molar-refractivity contribution is 5.75. The molecular formula is C45H89NO5. The van der Waals surface area contributed by atoms with Crippen molar-refractivity contribution >= 4 is 11.9 Å². The van der Waals surface area contributed by atoms with Crippen molar-refractivity contribution in [3.05, 3.63) is 0 Å². The van der Waals surface area contributed by atoms with Gasteiger partial charge in [-0.15, -0.1) is 0 Å². The van der Waals surface area contributed by atoms with E-state index >= 15 is 0 Å². The summed E-state index contributed by atoms with van der Waals surface area (Å²) < 4.78 is 11.4. The molecule has 0 saturated carbocycles. The van der Waals surface area contributed by atoms with E-state index in [1.165, 1.54) is 122 Å². The van der Waals surface area contributed by atoms with Crippen LogP contribution >= 0.6 is 0 Å². The minimum absolute atomic E-state index is 0.0225. The third-order valence-electron chi connectivity index (χ3n) is 10.7. The molecule has 0 aromatic heterocycles. The van der Waals surface area contributed by atoms with Gasteiger partial charge in [-0.3, -0.25) is 9.59 Å². The van der Waals surface area contributed by atoms with Crippen LogP contribution in [-0.4, -0.2) is 61.4 Å². The van der Waals surface area contributed by atoms with Crippen LogP contribution in [-0.2, 0) is 19.1 Å². The number of unbranched alkanes of at least 4 members (excludes halogenated alkanes) is 21. The van der Waals surface area contributed by atoms with Gasteiger partial charge in [-0.25, -0.2) is 0 Å². The molecule has 0 aromatic carbocycles. The smallest absolute Gasteiger partial charge is 0.311 e. The molecule has 1 N–H and O–H groups in total. The van der Waals surface area contributed by atoms with E-state index in [4.69, 9.17) is 9.47 Å². The van der Waals surface area contributed by atoms with Gasteiger partial charge in [0, 0.05) is 13.0 Å². The summed E-state index contributed by atoms with van der Waals surface area (Å²) >= 11 is 0. The fraction of sp³-hybridized carbons (Fsp3) is 0.956. The van der Waals surface area contributed by atoms with Gasteiger partial charge in [0.15, 0.2) is 0 Å². The Morgan fingerprint density at radius 3 is 1.53 bits per heavy atom. The van der Waals surface area contributed by atoms with Crippen LogP contribution in [0, 0.1) is 11.3 Å². The molecule has 0 atom stereocenters.